The molecule has 0 aliphatic heterocycles. The predicted octanol–water partition coefficient (Wildman–Crippen LogP) is 0.943. The molecule has 0 amide bonds. The van der Waals surface area contributed by atoms with E-state index in [1.807, 2.05) is 0 Å². The van der Waals surface area contributed by atoms with E-state index in [0.29, 0.717) is 0 Å². The van der Waals surface area contributed by atoms with Gasteiger partial charge in [0.25, 0.3) is 6.43 Å². The maximum Gasteiger partial charge on any atom is 0.261 e. The lowest BCUT2D eigenvalue weighted by Gasteiger charge is -2.09. The van der Waals surface area contributed by atoms with Crippen LogP contribution < -0.4 is 5.73 Å². The standard InChI is InChI=1S/C5H9F2NOS/c1-3(5(8)10)9-2-4(6)7/h3-4H,2H2,1H3,(H2,8,10). The largest absolute Gasteiger partial charge is 0.391 e. The number of hydrogen-bond acceptors (Lipinski definition) is 2. The third-order valence-corrected chi connectivity index (χ3v) is 1.20. The van der Waals surface area contributed by atoms with Crippen molar-refractivity contribution in [1.29, 1.82) is 0 Å². The summed E-state index contributed by atoms with van der Waals surface area (Å²) in [6.45, 7) is 0.920. The summed E-state index contributed by atoms with van der Waals surface area (Å²) in [6, 6.07) is 0. The zero-order chi connectivity index (χ0) is 8.15. The summed E-state index contributed by atoms with van der Waals surface area (Å²) in [5.41, 5.74) is 5.08. The Morgan fingerprint density at radius 3 is 2.50 bits per heavy atom. The van der Waals surface area contributed by atoms with Crippen LogP contribution in [-0.4, -0.2) is 24.1 Å². The lowest BCUT2D eigenvalue weighted by molar-refractivity contribution is 0.00555. The van der Waals surface area contributed by atoms with Crippen molar-refractivity contribution in [2.75, 3.05) is 6.61 Å². The molecule has 1 atom stereocenters. The van der Waals surface area contributed by atoms with E-state index in [0.717, 1.165) is 0 Å². The zero-order valence-electron chi connectivity index (χ0n) is 5.51. The number of thiocarbonyl (C=S) groups is 1. The van der Waals surface area contributed by atoms with Gasteiger partial charge in [0.05, 0.1) is 0 Å². The molecule has 0 spiro atoms. The number of ether oxygens (including phenoxy) is 1. The fourth-order valence-electron chi connectivity index (χ4n) is 0.299. The second kappa shape index (κ2) is 4.51. The zero-order valence-corrected chi connectivity index (χ0v) is 6.33. The predicted molar refractivity (Wildman–Crippen MR) is 38.2 cm³/mol. The highest BCUT2D eigenvalue weighted by Crippen LogP contribution is 1.97. The van der Waals surface area contributed by atoms with Crippen molar-refractivity contribution in [2.45, 2.75) is 19.5 Å². The van der Waals surface area contributed by atoms with Gasteiger partial charge in [-0.15, -0.1) is 0 Å². The van der Waals surface area contributed by atoms with E-state index >= 15 is 0 Å². The van der Waals surface area contributed by atoms with Crippen LogP contribution >= 0.6 is 12.2 Å². The molecule has 0 fully saturated rings. The second-order valence-electron chi connectivity index (χ2n) is 1.77. The molecule has 2 N–H and O–H groups in total. The minimum atomic E-state index is -2.46. The number of hydrogen-bond donors (Lipinski definition) is 1. The van der Waals surface area contributed by atoms with Gasteiger partial charge in [-0.05, 0) is 6.92 Å². The van der Waals surface area contributed by atoms with Gasteiger partial charge in [-0.25, -0.2) is 8.78 Å². The van der Waals surface area contributed by atoms with Crippen molar-refractivity contribution in [2.24, 2.45) is 5.73 Å². The van der Waals surface area contributed by atoms with Crippen LogP contribution in [0.5, 0.6) is 0 Å². The first-order valence-electron chi connectivity index (χ1n) is 2.73. The molecule has 0 radical (unpaired) electrons. The molecule has 0 aromatic carbocycles. The molecule has 0 aliphatic rings. The molecule has 0 heterocycles. The fourth-order valence-corrected chi connectivity index (χ4v) is 0.367. The molecular formula is C5H9F2NOS. The van der Waals surface area contributed by atoms with Crippen LogP contribution in [0.2, 0.25) is 0 Å². The van der Waals surface area contributed by atoms with Crippen molar-refractivity contribution >= 4 is 17.2 Å². The van der Waals surface area contributed by atoms with E-state index in [1.165, 1.54) is 6.92 Å². The first-order valence-corrected chi connectivity index (χ1v) is 3.14. The van der Waals surface area contributed by atoms with Gasteiger partial charge >= 0.3 is 0 Å². The van der Waals surface area contributed by atoms with Crippen LogP contribution in [0.3, 0.4) is 0 Å². The first-order chi connectivity index (χ1) is 4.54. The highest BCUT2D eigenvalue weighted by Gasteiger charge is 2.08. The van der Waals surface area contributed by atoms with E-state index in [1.54, 1.807) is 0 Å². The highest BCUT2D eigenvalue weighted by molar-refractivity contribution is 7.80. The Balaban J connectivity index is 3.40. The summed E-state index contributed by atoms with van der Waals surface area (Å²) < 4.78 is 27.4. The van der Waals surface area contributed by atoms with Crippen LogP contribution in [0.25, 0.3) is 0 Å². The van der Waals surface area contributed by atoms with Crippen LogP contribution in [0, 0.1) is 0 Å². The molecule has 0 aliphatic carbocycles. The van der Waals surface area contributed by atoms with Crippen LogP contribution in [0.4, 0.5) is 8.78 Å². The van der Waals surface area contributed by atoms with Gasteiger partial charge in [-0.1, -0.05) is 12.2 Å². The van der Waals surface area contributed by atoms with Gasteiger partial charge in [0.1, 0.15) is 17.7 Å². The molecule has 0 saturated carbocycles. The Bertz CT molecular complexity index is 120. The third-order valence-electron chi connectivity index (χ3n) is 0.873. The lowest BCUT2D eigenvalue weighted by Crippen LogP contribution is -2.28. The van der Waals surface area contributed by atoms with Gasteiger partial charge in [0.2, 0.25) is 0 Å². The quantitative estimate of drug-likeness (QED) is 0.636. The topological polar surface area (TPSA) is 35.2 Å². The Morgan fingerprint density at radius 2 is 2.20 bits per heavy atom. The molecule has 0 aromatic heterocycles. The number of alkyl halides is 2. The highest BCUT2D eigenvalue weighted by atomic mass is 32.1. The second-order valence-corrected chi connectivity index (χ2v) is 2.24. The fraction of sp³-hybridized carbons (Fsp3) is 0.800. The Kier molecular flexibility index (Phi) is 4.38. The van der Waals surface area contributed by atoms with E-state index < -0.39 is 19.1 Å². The SMILES string of the molecule is CC(OCC(F)F)C(N)=S. The normalized spacial score (nSPS) is 13.6. The molecular weight excluding hydrogens is 160 g/mol. The summed E-state index contributed by atoms with van der Waals surface area (Å²) >= 11 is 4.48. The Morgan fingerprint density at radius 1 is 1.70 bits per heavy atom. The number of halogens is 2. The summed E-state index contributed by atoms with van der Waals surface area (Å²) in [5.74, 6) is 0. The minimum absolute atomic E-state index is 0.0978. The van der Waals surface area contributed by atoms with Gasteiger partial charge in [0.15, 0.2) is 0 Å². The van der Waals surface area contributed by atoms with Crippen LogP contribution in [0.1, 0.15) is 6.92 Å². The molecule has 1 unspecified atom stereocenters. The summed E-state index contributed by atoms with van der Waals surface area (Å²) in [5, 5.41) is 0. The average Bonchev–Trinajstić information content (AvgIpc) is 1.82. The molecule has 2 nitrogen and oxygen atoms in total. The molecule has 60 valence electrons. The van der Waals surface area contributed by atoms with Crippen molar-refractivity contribution in [3.8, 4) is 0 Å². The van der Waals surface area contributed by atoms with E-state index in [4.69, 9.17) is 5.73 Å². The number of nitrogens with two attached hydrogens (primary N) is 1. The molecule has 0 rings (SSSR count). The molecule has 0 saturated heterocycles. The smallest absolute Gasteiger partial charge is 0.261 e. The van der Waals surface area contributed by atoms with Crippen LogP contribution in [0.15, 0.2) is 0 Å². The van der Waals surface area contributed by atoms with Gasteiger partial charge in [-0.3, -0.25) is 0 Å². The Labute approximate surface area is 63.3 Å². The van der Waals surface area contributed by atoms with E-state index in [2.05, 4.69) is 17.0 Å². The van der Waals surface area contributed by atoms with Gasteiger partial charge in [-0.2, -0.15) is 0 Å². The van der Waals surface area contributed by atoms with Crippen molar-refractivity contribution in [3.05, 3.63) is 0 Å². The monoisotopic (exact) mass is 169 g/mol. The Hall–Kier alpha value is -0.290. The molecule has 5 heteroatoms. The maximum atomic E-state index is 11.4. The van der Waals surface area contributed by atoms with E-state index in [9.17, 15) is 8.78 Å². The molecule has 10 heavy (non-hydrogen) atoms. The van der Waals surface area contributed by atoms with Crippen LogP contribution in [-0.2, 0) is 4.74 Å². The van der Waals surface area contributed by atoms with Gasteiger partial charge < -0.3 is 10.5 Å². The minimum Gasteiger partial charge on any atom is -0.391 e. The summed E-state index contributed by atoms with van der Waals surface area (Å²) in [4.78, 5) is 0.0978. The van der Waals surface area contributed by atoms with Crippen molar-refractivity contribution in [1.82, 2.24) is 0 Å². The van der Waals surface area contributed by atoms with Gasteiger partial charge in [0, 0.05) is 0 Å². The molecule has 0 aromatic rings. The van der Waals surface area contributed by atoms with E-state index in [-0.39, 0.29) is 4.99 Å². The van der Waals surface area contributed by atoms with Crippen molar-refractivity contribution < 1.29 is 13.5 Å². The van der Waals surface area contributed by atoms with Crippen molar-refractivity contribution in [3.63, 3.8) is 0 Å². The average molecular weight is 169 g/mol. The third kappa shape index (κ3) is 4.58. The summed E-state index contributed by atoms with van der Waals surface area (Å²) in [6.07, 6.45) is -3.03. The maximum absolute atomic E-state index is 11.4. The summed E-state index contributed by atoms with van der Waals surface area (Å²) in [7, 11) is 0. The number of rotatable bonds is 4. The lowest BCUT2D eigenvalue weighted by atomic mass is 10.4. The molecule has 0 bridgehead atoms. The first kappa shape index (κ1) is 9.71.